The summed E-state index contributed by atoms with van der Waals surface area (Å²) >= 11 is -0.468. The summed E-state index contributed by atoms with van der Waals surface area (Å²) in [6, 6.07) is 0. The molecule has 0 aromatic heterocycles. The molecule has 4 nitrogen and oxygen atoms in total. The molecule has 0 amide bonds. The number of carbonyl (C=O) groups is 2. The third kappa shape index (κ3) is 6.67. The van der Waals surface area contributed by atoms with Gasteiger partial charge in [-0.2, -0.15) is 52.7 Å². The first-order valence-electron chi connectivity index (χ1n) is 4.96. The number of carbonyl (C=O) groups excluding carboxylic acids is 2. The summed E-state index contributed by atoms with van der Waals surface area (Å²) in [5, 5.41) is 19.5. The summed E-state index contributed by atoms with van der Waals surface area (Å²) in [6.45, 7) is 0. The van der Waals surface area contributed by atoms with Crippen molar-refractivity contribution in [2.75, 3.05) is 0 Å². The molecule has 0 aromatic rings. The van der Waals surface area contributed by atoms with Gasteiger partial charge in [0.25, 0.3) is 6.84 Å². The second-order valence-corrected chi connectivity index (χ2v) is 7.12. The number of hydrogen-bond acceptors (Lipinski definition) is 4. The number of carboxylic acid groups (broad SMARTS) is 2. The van der Waals surface area contributed by atoms with E-state index in [0.717, 1.165) is 0 Å². The van der Waals surface area contributed by atoms with Crippen LogP contribution in [0.1, 0.15) is 0 Å². The number of halogens is 14. The molecule has 0 fully saturated rings. The van der Waals surface area contributed by atoms with E-state index in [4.69, 9.17) is 0 Å². The van der Waals surface area contributed by atoms with Crippen molar-refractivity contribution < 1.29 is 72.5 Å². The molecule has 0 atom stereocenters. The topological polar surface area (TPSA) is 80.3 Å². The molecule has 0 saturated carbocycles. The molecular formula is C8F12I2MgO4. The minimum Gasteiger partial charge on any atom is -0.548 e. The van der Waals surface area contributed by atoms with Gasteiger partial charge in [0.15, 0.2) is 0 Å². The van der Waals surface area contributed by atoms with Crippen LogP contribution in [0.3, 0.4) is 0 Å². The predicted octanol–water partition coefficient (Wildman–Crippen LogP) is 1.69. The molecule has 0 aliphatic heterocycles. The molecule has 27 heavy (non-hydrogen) atoms. The number of rotatable bonds is 2. The van der Waals surface area contributed by atoms with Gasteiger partial charge in [-0.15, -0.1) is 0 Å². The Morgan fingerprint density at radius 1 is 0.519 bits per heavy atom. The van der Waals surface area contributed by atoms with Crippen molar-refractivity contribution in [2.24, 2.45) is 0 Å². The Morgan fingerprint density at radius 3 is 0.630 bits per heavy atom. The van der Waals surface area contributed by atoms with Crippen molar-refractivity contribution in [1.29, 1.82) is 0 Å². The van der Waals surface area contributed by atoms with E-state index in [1.165, 1.54) is 0 Å². The van der Waals surface area contributed by atoms with E-state index in [-0.39, 0.29) is 68.2 Å². The third-order valence-corrected chi connectivity index (χ3v) is 5.45. The van der Waals surface area contributed by atoms with Crippen LogP contribution in [0.2, 0.25) is 0 Å². The van der Waals surface area contributed by atoms with Gasteiger partial charge in [0.05, 0.1) is 11.9 Å². The van der Waals surface area contributed by atoms with E-state index >= 15 is 0 Å². The van der Waals surface area contributed by atoms with Gasteiger partial charge in [-0.05, 0) is 0 Å². The third-order valence-electron chi connectivity index (χ3n) is 2.13. The number of hydrogen-bond donors (Lipinski definition) is 0. The average molecular weight is 666 g/mol. The molecule has 0 saturated heterocycles. The van der Waals surface area contributed by atoms with Crippen LogP contribution in [0.4, 0.5) is 52.7 Å². The van der Waals surface area contributed by atoms with Gasteiger partial charge < -0.3 is 19.8 Å². The fourth-order valence-corrected chi connectivity index (χ4v) is 0.784. The largest absolute Gasteiger partial charge is 2.00 e. The molecule has 0 aliphatic carbocycles. The Morgan fingerprint density at radius 2 is 0.630 bits per heavy atom. The monoisotopic (exact) mass is 666 g/mol. The van der Waals surface area contributed by atoms with Gasteiger partial charge in [0, 0.05) is 0 Å². The zero-order valence-electron chi connectivity index (χ0n) is 11.6. The van der Waals surface area contributed by atoms with Crippen molar-refractivity contribution in [3.05, 3.63) is 0 Å². The summed E-state index contributed by atoms with van der Waals surface area (Å²) in [5.41, 5.74) is 0. The van der Waals surface area contributed by atoms with Crippen LogP contribution in [0.15, 0.2) is 0 Å². The Bertz CT molecular complexity index is 461. The smallest absolute Gasteiger partial charge is 0.548 e. The Kier molecular flexibility index (Phi) is 11.2. The standard InChI is InChI=1S/2C4HF6IO2.Mg/c2*5-3(6,7)2(11,1(12)13)4(8,9)10;/h2*(H,12,13);/q;;+2/p-2. The Balaban J connectivity index is -0.000000411. The number of alkyl halides is 14. The molecule has 0 bridgehead atoms. The molecule has 0 aromatic carbocycles. The van der Waals surface area contributed by atoms with Crippen LogP contribution >= 0.6 is 45.2 Å². The first-order chi connectivity index (χ1) is 10.9. The second kappa shape index (κ2) is 9.43. The first kappa shape index (κ1) is 32.0. The zero-order chi connectivity index (χ0) is 22.2. The minimum atomic E-state index is -5.94. The summed E-state index contributed by atoms with van der Waals surface area (Å²) in [5.74, 6) is -6.46. The van der Waals surface area contributed by atoms with Crippen molar-refractivity contribution in [3.63, 3.8) is 0 Å². The van der Waals surface area contributed by atoms with Crippen molar-refractivity contribution in [1.82, 2.24) is 0 Å². The van der Waals surface area contributed by atoms with E-state index < -0.39 is 43.5 Å². The van der Waals surface area contributed by atoms with E-state index in [2.05, 4.69) is 0 Å². The summed E-state index contributed by atoms with van der Waals surface area (Å²) in [6.07, 6.45) is -23.8. The molecular weight excluding hydrogens is 666 g/mol. The van der Waals surface area contributed by atoms with E-state index in [0.29, 0.717) is 0 Å². The molecule has 0 rings (SSSR count). The van der Waals surface area contributed by atoms with Crippen molar-refractivity contribution in [2.45, 2.75) is 31.5 Å². The van der Waals surface area contributed by atoms with E-state index in [1.54, 1.807) is 0 Å². The van der Waals surface area contributed by atoms with Gasteiger partial charge in [-0.1, -0.05) is 45.2 Å². The number of aliphatic carboxylic acids is 2. The maximum absolute atomic E-state index is 11.7. The Hall–Kier alpha value is 0.326. The second-order valence-electron chi connectivity index (χ2n) is 3.88. The summed E-state index contributed by atoms with van der Waals surface area (Å²) < 4.78 is 131. The number of carboxylic acids is 2. The summed E-state index contributed by atoms with van der Waals surface area (Å²) in [7, 11) is 0. The summed E-state index contributed by atoms with van der Waals surface area (Å²) in [4.78, 5) is 19.5. The SMILES string of the molecule is O=C([O-])C(I)(C(F)(F)F)C(F)(F)F.O=C([O-])C(I)(C(F)(F)F)C(F)(F)F.[Mg+2]. The van der Waals surface area contributed by atoms with Crippen LogP contribution in [0, 0.1) is 0 Å². The van der Waals surface area contributed by atoms with Crippen LogP contribution < -0.4 is 10.2 Å². The van der Waals surface area contributed by atoms with Gasteiger partial charge in [0.1, 0.15) is 0 Å². The fourth-order valence-electron chi connectivity index (χ4n) is 0.784. The molecule has 0 heterocycles. The van der Waals surface area contributed by atoms with E-state index in [9.17, 15) is 72.5 Å². The predicted molar refractivity (Wildman–Crippen MR) is 73.5 cm³/mol. The van der Waals surface area contributed by atoms with Gasteiger partial charge in [-0.3, -0.25) is 0 Å². The normalized spacial score (nSPS) is 13.9. The fraction of sp³-hybridized carbons (Fsp3) is 0.750. The van der Waals surface area contributed by atoms with Gasteiger partial charge in [-0.25, -0.2) is 0 Å². The van der Waals surface area contributed by atoms with Crippen molar-refractivity contribution >= 4 is 80.2 Å². The molecule has 0 spiro atoms. The van der Waals surface area contributed by atoms with Crippen LogP contribution in [0.5, 0.6) is 0 Å². The zero-order valence-corrected chi connectivity index (χ0v) is 17.4. The average Bonchev–Trinajstić information content (AvgIpc) is 2.31. The van der Waals surface area contributed by atoms with Gasteiger partial charge >= 0.3 is 47.8 Å². The molecule has 0 unspecified atom stereocenters. The minimum absolute atomic E-state index is 0. The molecule has 0 radical (unpaired) electrons. The maximum atomic E-state index is 11.7. The Labute approximate surface area is 183 Å². The van der Waals surface area contributed by atoms with Crippen LogP contribution in [-0.4, -0.2) is 66.5 Å². The molecule has 0 aliphatic rings. The van der Waals surface area contributed by atoms with Gasteiger partial charge in [0.2, 0.25) is 0 Å². The quantitative estimate of drug-likeness (QED) is 0.195. The molecule has 0 N–H and O–H groups in total. The van der Waals surface area contributed by atoms with Crippen LogP contribution in [0.25, 0.3) is 0 Å². The molecule has 156 valence electrons. The molecule has 19 heteroatoms. The van der Waals surface area contributed by atoms with Crippen LogP contribution in [-0.2, 0) is 9.59 Å². The first-order valence-corrected chi connectivity index (χ1v) is 7.12. The van der Waals surface area contributed by atoms with Crippen molar-refractivity contribution in [3.8, 4) is 0 Å². The van der Waals surface area contributed by atoms with E-state index in [1.807, 2.05) is 0 Å². The maximum Gasteiger partial charge on any atom is 2.00 e.